The third-order valence-corrected chi connectivity index (χ3v) is 3.89. The molecule has 3 rings (SSSR count). The first kappa shape index (κ1) is 12.1. The van der Waals surface area contributed by atoms with Crippen LogP contribution >= 0.6 is 0 Å². The van der Waals surface area contributed by atoms with Crippen molar-refractivity contribution in [3.63, 3.8) is 0 Å². The molecule has 1 heterocycles. The molecule has 1 fully saturated rings. The molecule has 2 aromatic rings. The van der Waals surface area contributed by atoms with Crippen LogP contribution in [0.4, 0.5) is 5.69 Å². The van der Waals surface area contributed by atoms with Gasteiger partial charge in [-0.05, 0) is 38.3 Å². The van der Waals surface area contributed by atoms with E-state index in [1.54, 1.807) is 4.68 Å². The number of hydrogen-bond acceptors (Lipinski definition) is 2. The lowest BCUT2D eigenvalue weighted by atomic mass is 10.1. The van der Waals surface area contributed by atoms with Crippen LogP contribution in [-0.2, 0) is 7.05 Å². The van der Waals surface area contributed by atoms with Crippen LogP contribution in [0.2, 0.25) is 0 Å². The minimum atomic E-state index is -0.101. The summed E-state index contributed by atoms with van der Waals surface area (Å²) in [6.45, 7) is 4.07. The van der Waals surface area contributed by atoms with Gasteiger partial charge in [0.1, 0.15) is 5.69 Å². The Balaban J connectivity index is 2.25. The molecule has 1 saturated carbocycles. The molecule has 1 aliphatic carbocycles. The van der Waals surface area contributed by atoms with Crippen molar-refractivity contribution in [3.05, 3.63) is 45.4 Å². The Bertz CT molecular complexity index is 705. The minimum Gasteiger partial charge on any atom is -0.393 e. The summed E-state index contributed by atoms with van der Waals surface area (Å²) >= 11 is 0. The van der Waals surface area contributed by atoms with Crippen molar-refractivity contribution in [3.8, 4) is 5.69 Å². The summed E-state index contributed by atoms with van der Waals surface area (Å²) in [6, 6.07) is 6.10. The fourth-order valence-electron chi connectivity index (χ4n) is 2.80. The SMILES string of the molecule is Cc1ccc(-n2c(=O)c(N)c(C3CC3)n2C)c(C)c1. The Morgan fingerprint density at radius 1 is 1.26 bits per heavy atom. The van der Waals surface area contributed by atoms with Gasteiger partial charge in [-0.3, -0.25) is 9.48 Å². The first-order chi connectivity index (χ1) is 9.00. The number of nitrogen functional groups attached to an aromatic ring is 1. The lowest BCUT2D eigenvalue weighted by Gasteiger charge is -2.12. The fourth-order valence-corrected chi connectivity index (χ4v) is 2.80. The smallest absolute Gasteiger partial charge is 0.294 e. The fraction of sp³-hybridized carbons (Fsp3) is 0.400. The summed E-state index contributed by atoms with van der Waals surface area (Å²) in [7, 11) is 1.92. The summed E-state index contributed by atoms with van der Waals surface area (Å²) in [5.41, 5.74) is 10.5. The number of aromatic nitrogens is 2. The van der Waals surface area contributed by atoms with Gasteiger partial charge in [-0.1, -0.05) is 17.7 Å². The molecule has 100 valence electrons. The molecule has 1 aliphatic rings. The van der Waals surface area contributed by atoms with E-state index in [2.05, 4.69) is 13.0 Å². The maximum atomic E-state index is 12.4. The summed E-state index contributed by atoms with van der Waals surface area (Å²) in [6.07, 6.45) is 2.27. The number of nitrogens with two attached hydrogens (primary N) is 1. The van der Waals surface area contributed by atoms with Crippen LogP contribution in [0.5, 0.6) is 0 Å². The van der Waals surface area contributed by atoms with Crippen LogP contribution in [0.15, 0.2) is 23.0 Å². The van der Waals surface area contributed by atoms with Gasteiger partial charge in [0.15, 0.2) is 0 Å². The molecule has 1 aromatic carbocycles. The predicted molar refractivity (Wildman–Crippen MR) is 76.9 cm³/mol. The van der Waals surface area contributed by atoms with Gasteiger partial charge in [-0.25, -0.2) is 4.68 Å². The van der Waals surface area contributed by atoms with Crippen molar-refractivity contribution in [2.45, 2.75) is 32.6 Å². The molecule has 4 heteroatoms. The van der Waals surface area contributed by atoms with Crippen LogP contribution in [0.1, 0.15) is 35.6 Å². The van der Waals surface area contributed by atoms with Crippen LogP contribution in [-0.4, -0.2) is 9.36 Å². The van der Waals surface area contributed by atoms with Crippen molar-refractivity contribution in [2.24, 2.45) is 7.05 Å². The average molecular weight is 257 g/mol. The van der Waals surface area contributed by atoms with Crippen molar-refractivity contribution < 1.29 is 0 Å². The van der Waals surface area contributed by atoms with E-state index in [9.17, 15) is 4.79 Å². The number of aryl methyl sites for hydroxylation is 2. The second-order valence-electron chi connectivity index (χ2n) is 5.50. The predicted octanol–water partition coefficient (Wildman–Crippen LogP) is 2.25. The van der Waals surface area contributed by atoms with E-state index in [1.807, 2.05) is 30.8 Å². The summed E-state index contributed by atoms with van der Waals surface area (Å²) in [5, 5.41) is 0. The molecule has 2 N–H and O–H groups in total. The maximum Gasteiger partial charge on any atom is 0.294 e. The molecule has 19 heavy (non-hydrogen) atoms. The van der Waals surface area contributed by atoms with Gasteiger partial charge in [-0.2, -0.15) is 0 Å². The zero-order valence-corrected chi connectivity index (χ0v) is 11.6. The Hall–Kier alpha value is -1.97. The van der Waals surface area contributed by atoms with E-state index in [1.165, 1.54) is 5.56 Å². The number of rotatable bonds is 2. The number of nitrogens with zero attached hydrogens (tertiary/aromatic N) is 2. The maximum absolute atomic E-state index is 12.4. The van der Waals surface area contributed by atoms with E-state index in [4.69, 9.17) is 5.73 Å². The third-order valence-electron chi connectivity index (χ3n) is 3.89. The first-order valence-corrected chi connectivity index (χ1v) is 6.65. The number of anilines is 1. The lowest BCUT2D eigenvalue weighted by molar-refractivity contribution is 0.614. The minimum absolute atomic E-state index is 0.101. The van der Waals surface area contributed by atoms with Gasteiger partial charge in [0.05, 0.1) is 11.4 Å². The van der Waals surface area contributed by atoms with Crippen LogP contribution in [0.3, 0.4) is 0 Å². The third kappa shape index (κ3) is 1.79. The van der Waals surface area contributed by atoms with Gasteiger partial charge in [0.2, 0.25) is 0 Å². The van der Waals surface area contributed by atoms with Crippen molar-refractivity contribution >= 4 is 5.69 Å². The highest BCUT2D eigenvalue weighted by molar-refractivity contribution is 5.50. The van der Waals surface area contributed by atoms with Gasteiger partial charge in [-0.15, -0.1) is 0 Å². The highest BCUT2D eigenvalue weighted by atomic mass is 16.1. The van der Waals surface area contributed by atoms with E-state index in [-0.39, 0.29) is 5.56 Å². The highest BCUT2D eigenvalue weighted by Gasteiger charge is 2.31. The molecule has 0 amide bonds. The highest BCUT2D eigenvalue weighted by Crippen LogP contribution is 2.42. The van der Waals surface area contributed by atoms with Gasteiger partial charge in [0, 0.05) is 13.0 Å². The molecule has 0 aliphatic heterocycles. The Kier molecular flexibility index (Phi) is 2.55. The van der Waals surface area contributed by atoms with E-state index in [0.29, 0.717) is 11.6 Å². The van der Waals surface area contributed by atoms with E-state index in [0.717, 1.165) is 29.8 Å². The van der Waals surface area contributed by atoms with Crippen molar-refractivity contribution in [2.75, 3.05) is 5.73 Å². The number of hydrogen-bond donors (Lipinski definition) is 1. The zero-order valence-electron chi connectivity index (χ0n) is 11.6. The largest absolute Gasteiger partial charge is 0.393 e. The van der Waals surface area contributed by atoms with Crippen LogP contribution in [0.25, 0.3) is 5.69 Å². The Labute approximate surface area is 112 Å². The molecular weight excluding hydrogens is 238 g/mol. The number of benzene rings is 1. The molecular formula is C15H19N3O. The standard InChI is InChI=1S/C15H19N3O/c1-9-4-7-12(10(2)8-9)18-15(19)13(16)14(17(18)3)11-5-6-11/h4,7-8,11H,5-6,16H2,1-3H3. The van der Waals surface area contributed by atoms with Crippen LogP contribution in [0, 0.1) is 13.8 Å². The monoisotopic (exact) mass is 257 g/mol. The second kappa shape index (κ2) is 4.02. The average Bonchev–Trinajstić information content (AvgIpc) is 3.13. The Morgan fingerprint density at radius 2 is 1.95 bits per heavy atom. The Morgan fingerprint density at radius 3 is 2.53 bits per heavy atom. The molecule has 0 saturated heterocycles. The molecule has 0 spiro atoms. The topological polar surface area (TPSA) is 52.9 Å². The van der Waals surface area contributed by atoms with Crippen LogP contribution < -0.4 is 11.3 Å². The van der Waals surface area contributed by atoms with Crippen molar-refractivity contribution in [1.29, 1.82) is 0 Å². The van der Waals surface area contributed by atoms with E-state index < -0.39 is 0 Å². The summed E-state index contributed by atoms with van der Waals surface area (Å²) < 4.78 is 3.62. The molecule has 0 atom stereocenters. The molecule has 1 aromatic heterocycles. The molecule has 4 nitrogen and oxygen atoms in total. The zero-order chi connectivity index (χ0) is 13.7. The molecule has 0 bridgehead atoms. The normalized spacial score (nSPS) is 14.9. The first-order valence-electron chi connectivity index (χ1n) is 6.65. The molecule has 0 unspecified atom stereocenters. The van der Waals surface area contributed by atoms with Gasteiger partial charge >= 0.3 is 0 Å². The summed E-state index contributed by atoms with van der Waals surface area (Å²) in [5.74, 6) is 0.463. The van der Waals surface area contributed by atoms with Gasteiger partial charge < -0.3 is 5.73 Å². The summed E-state index contributed by atoms with van der Waals surface area (Å²) in [4.78, 5) is 12.4. The van der Waals surface area contributed by atoms with Gasteiger partial charge in [0.25, 0.3) is 5.56 Å². The molecule has 0 radical (unpaired) electrons. The quantitative estimate of drug-likeness (QED) is 0.897. The lowest BCUT2D eigenvalue weighted by Crippen LogP contribution is -2.21. The van der Waals surface area contributed by atoms with E-state index >= 15 is 0 Å². The van der Waals surface area contributed by atoms with Crippen molar-refractivity contribution in [1.82, 2.24) is 9.36 Å². The second-order valence-corrected chi connectivity index (χ2v) is 5.50.